The highest BCUT2D eigenvalue weighted by Crippen LogP contribution is 2.30. The van der Waals surface area contributed by atoms with Gasteiger partial charge >= 0.3 is 5.97 Å². The fraction of sp³-hybridized carbons (Fsp3) is 0.278. The van der Waals surface area contributed by atoms with Crippen LogP contribution in [0.1, 0.15) is 38.5 Å². The summed E-state index contributed by atoms with van der Waals surface area (Å²) in [4.78, 5) is 25.8. The zero-order valence-corrected chi connectivity index (χ0v) is 13.8. The second kappa shape index (κ2) is 7.28. The largest absolute Gasteiger partial charge is 0.451 e. The molecule has 3 rings (SSSR count). The Morgan fingerprint density at radius 1 is 1.25 bits per heavy atom. The Kier molecular flexibility index (Phi) is 4.92. The first-order valence-corrected chi connectivity index (χ1v) is 8.56. The molecule has 0 radical (unpaired) electrons. The maximum atomic E-state index is 12.1. The van der Waals surface area contributed by atoms with Gasteiger partial charge in [-0.25, -0.2) is 4.79 Å². The van der Waals surface area contributed by atoms with Gasteiger partial charge in [-0.1, -0.05) is 6.07 Å². The van der Waals surface area contributed by atoms with Crippen molar-refractivity contribution >= 4 is 28.9 Å². The minimum Gasteiger partial charge on any atom is -0.451 e. The molecule has 1 aliphatic carbocycles. The Morgan fingerprint density at radius 2 is 2.08 bits per heavy atom. The zero-order valence-electron chi connectivity index (χ0n) is 13.0. The number of nitrogens with one attached hydrogen (secondary N) is 1. The third-order valence-electron chi connectivity index (χ3n) is 3.81. The maximum Gasteiger partial charge on any atom is 0.348 e. The van der Waals surface area contributed by atoms with E-state index in [0.29, 0.717) is 16.1 Å². The standard InChI is InChI=1S/C18H16N2O3S/c19-10-12-4-3-6-14(8-12)20-17(21)11-23-18(22)16-9-13-5-1-2-7-15(13)24-16/h3-4,6,8-9H,1-2,5,7,11H2,(H,20,21). The Hall–Kier alpha value is -2.65. The van der Waals surface area contributed by atoms with E-state index >= 15 is 0 Å². The third-order valence-corrected chi connectivity index (χ3v) is 5.02. The summed E-state index contributed by atoms with van der Waals surface area (Å²) in [7, 11) is 0. The molecule has 1 N–H and O–H groups in total. The van der Waals surface area contributed by atoms with E-state index in [0.717, 1.165) is 25.7 Å². The van der Waals surface area contributed by atoms with Gasteiger partial charge in [-0.3, -0.25) is 4.79 Å². The van der Waals surface area contributed by atoms with Crippen molar-refractivity contribution in [2.45, 2.75) is 25.7 Å². The number of esters is 1. The Bertz CT molecular complexity index is 796. The van der Waals surface area contributed by atoms with E-state index in [-0.39, 0.29) is 6.61 Å². The molecule has 0 spiro atoms. The molecule has 122 valence electrons. The molecule has 0 atom stereocenters. The summed E-state index contributed by atoms with van der Waals surface area (Å²) >= 11 is 1.46. The molecule has 1 aromatic heterocycles. The van der Waals surface area contributed by atoms with Crippen LogP contribution in [-0.2, 0) is 22.4 Å². The Morgan fingerprint density at radius 3 is 2.88 bits per heavy atom. The van der Waals surface area contributed by atoms with Gasteiger partial charge < -0.3 is 10.1 Å². The first-order chi connectivity index (χ1) is 11.7. The lowest BCUT2D eigenvalue weighted by Gasteiger charge is -2.08. The van der Waals surface area contributed by atoms with Crippen LogP contribution in [-0.4, -0.2) is 18.5 Å². The molecule has 5 nitrogen and oxygen atoms in total. The zero-order chi connectivity index (χ0) is 16.9. The summed E-state index contributed by atoms with van der Waals surface area (Å²) in [6, 6.07) is 10.4. The lowest BCUT2D eigenvalue weighted by atomic mass is 9.99. The first-order valence-electron chi connectivity index (χ1n) is 7.74. The van der Waals surface area contributed by atoms with E-state index in [1.54, 1.807) is 24.3 Å². The second-order valence-corrected chi connectivity index (χ2v) is 6.72. The molecule has 2 aromatic rings. The van der Waals surface area contributed by atoms with Crippen molar-refractivity contribution in [2.75, 3.05) is 11.9 Å². The fourth-order valence-corrected chi connectivity index (χ4v) is 3.80. The highest BCUT2D eigenvalue weighted by atomic mass is 32.1. The van der Waals surface area contributed by atoms with Gasteiger partial charge in [0.1, 0.15) is 4.88 Å². The lowest BCUT2D eigenvalue weighted by molar-refractivity contribution is -0.119. The van der Waals surface area contributed by atoms with Gasteiger partial charge in [0.25, 0.3) is 5.91 Å². The number of anilines is 1. The number of nitriles is 1. The van der Waals surface area contributed by atoms with Crippen LogP contribution in [0.3, 0.4) is 0 Å². The number of hydrogen-bond donors (Lipinski definition) is 1. The van der Waals surface area contributed by atoms with Gasteiger partial charge in [0, 0.05) is 10.6 Å². The number of ether oxygens (including phenoxy) is 1. The normalized spacial score (nSPS) is 12.8. The quantitative estimate of drug-likeness (QED) is 0.866. The SMILES string of the molecule is N#Cc1cccc(NC(=O)COC(=O)c2cc3c(s2)CCCC3)c1. The smallest absolute Gasteiger partial charge is 0.348 e. The summed E-state index contributed by atoms with van der Waals surface area (Å²) in [6.07, 6.45) is 4.34. The molecule has 1 heterocycles. The molecule has 1 aromatic carbocycles. The summed E-state index contributed by atoms with van der Waals surface area (Å²) in [5, 5.41) is 11.4. The molecule has 0 saturated heterocycles. The van der Waals surface area contributed by atoms with Crippen molar-refractivity contribution in [3.63, 3.8) is 0 Å². The van der Waals surface area contributed by atoms with Crippen LogP contribution >= 0.6 is 11.3 Å². The summed E-state index contributed by atoms with van der Waals surface area (Å²) in [5.41, 5.74) is 2.19. The topological polar surface area (TPSA) is 79.2 Å². The van der Waals surface area contributed by atoms with Crippen LogP contribution in [0.2, 0.25) is 0 Å². The summed E-state index contributed by atoms with van der Waals surface area (Å²) in [6.45, 7) is -0.349. The highest BCUT2D eigenvalue weighted by Gasteiger charge is 2.18. The van der Waals surface area contributed by atoms with Crippen molar-refractivity contribution in [2.24, 2.45) is 0 Å². The average Bonchev–Trinajstić information content (AvgIpc) is 3.04. The Labute approximate surface area is 143 Å². The summed E-state index contributed by atoms with van der Waals surface area (Å²) < 4.78 is 5.09. The molecule has 6 heteroatoms. The van der Waals surface area contributed by atoms with Crippen LogP contribution < -0.4 is 5.32 Å². The number of nitrogens with zero attached hydrogens (tertiary/aromatic N) is 1. The number of carbonyl (C=O) groups excluding carboxylic acids is 2. The van der Waals surface area contributed by atoms with Gasteiger partial charge in [0.05, 0.1) is 11.6 Å². The van der Waals surface area contributed by atoms with Gasteiger partial charge in [0.2, 0.25) is 0 Å². The predicted octanol–water partition coefficient (Wildman–Crippen LogP) is 3.29. The van der Waals surface area contributed by atoms with Crippen molar-refractivity contribution in [1.29, 1.82) is 5.26 Å². The van der Waals surface area contributed by atoms with E-state index in [1.165, 1.54) is 21.8 Å². The number of rotatable bonds is 4. The predicted molar refractivity (Wildman–Crippen MR) is 91.0 cm³/mol. The van der Waals surface area contributed by atoms with Crippen LogP contribution in [0.5, 0.6) is 0 Å². The first kappa shape index (κ1) is 16.2. The number of benzene rings is 1. The fourth-order valence-electron chi connectivity index (χ4n) is 2.66. The molecule has 0 unspecified atom stereocenters. The van der Waals surface area contributed by atoms with Crippen molar-refractivity contribution in [1.82, 2.24) is 0 Å². The van der Waals surface area contributed by atoms with E-state index in [2.05, 4.69) is 5.32 Å². The van der Waals surface area contributed by atoms with E-state index in [4.69, 9.17) is 10.00 Å². The van der Waals surface area contributed by atoms with Crippen LogP contribution in [0, 0.1) is 11.3 Å². The summed E-state index contributed by atoms with van der Waals surface area (Å²) in [5.74, 6) is -0.893. The lowest BCUT2D eigenvalue weighted by Crippen LogP contribution is -2.20. The second-order valence-electron chi connectivity index (χ2n) is 5.58. The maximum absolute atomic E-state index is 12.1. The van der Waals surface area contributed by atoms with Gasteiger partial charge in [0.15, 0.2) is 6.61 Å². The van der Waals surface area contributed by atoms with E-state index in [1.807, 2.05) is 12.1 Å². The highest BCUT2D eigenvalue weighted by molar-refractivity contribution is 7.14. The van der Waals surface area contributed by atoms with Gasteiger partial charge in [-0.2, -0.15) is 5.26 Å². The third kappa shape index (κ3) is 3.81. The number of thiophene rings is 1. The average molecular weight is 340 g/mol. The number of hydrogen-bond acceptors (Lipinski definition) is 5. The minimum atomic E-state index is -0.463. The number of fused-ring (bicyclic) bond motifs is 1. The number of carbonyl (C=O) groups is 2. The molecule has 0 bridgehead atoms. The van der Waals surface area contributed by atoms with Crippen molar-refractivity contribution < 1.29 is 14.3 Å². The number of amides is 1. The van der Waals surface area contributed by atoms with Crippen molar-refractivity contribution in [3.05, 3.63) is 51.2 Å². The van der Waals surface area contributed by atoms with E-state index < -0.39 is 11.9 Å². The molecule has 1 aliphatic rings. The molecule has 1 amide bonds. The van der Waals surface area contributed by atoms with Gasteiger partial charge in [-0.05, 0) is 55.5 Å². The molecule has 0 saturated carbocycles. The molecular formula is C18H16N2O3S. The molecule has 0 fully saturated rings. The molecule has 0 aliphatic heterocycles. The van der Waals surface area contributed by atoms with Gasteiger partial charge in [-0.15, -0.1) is 11.3 Å². The van der Waals surface area contributed by atoms with Crippen LogP contribution in [0.15, 0.2) is 30.3 Å². The van der Waals surface area contributed by atoms with Crippen LogP contribution in [0.4, 0.5) is 5.69 Å². The van der Waals surface area contributed by atoms with Crippen molar-refractivity contribution in [3.8, 4) is 6.07 Å². The minimum absolute atomic E-state index is 0.349. The Balaban J connectivity index is 1.55. The molecular weight excluding hydrogens is 324 g/mol. The molecule has 24 heavy (non-hydrogen) atoms. The monoisotopic (exact) mass is 340 g/mol. The number of aryl methyl sites for hydroxylation is 2. The van der Waals surface area contributed by atoms with E-state index in [9.17, 15) is 9.59 Å². The van der Waals surface area contributed by atoms with Crippen LogP contribution in [0.25, 0.3) is 0 Å².